The molecule has 18 heavy (non-hydrogen) atoms. The summed E-state index contributed by atoms with van der Waals surface area (Å²) in [5.74, 6) is 0.245. The van der Waals surface area contributed by atoms with E-state index >= 15 is 0 Å². The number of hydrogen-bond donors (Lipinski definition) is 1. The van der Waals surface area contributed by atoms with Crippen LogP contribution in [0, 0.1) is 6.92 Å². The highest BCUT2D eigenvalue weighted by Crippen LogP contribution is 2.27. The van der Waals surface area contributed by atoms with Crippen molar-refractivity contribution in [2.75, 3.05) is 19.1 Å². The molecule has 1 atom stereocenters. The van der Waals surface area contributed by atoms with Gasteiger partial charge in [0, 0.05) is 22.5 Å². The average Bonchev–Trinajstić information content (AvgIpc) is 2.24. The molecule has 0 radical (unpaired) electrons. The molecule has 0 heterocycles. The van der Waals surface area contributed by atoms with Gasteiger partial charge in [0.15, 0.2) is 0 Å². The number of hydrogen-bond acceptors (Lipinski definition) is 3. The number of rotatable bonds is 6. The van der Waals surface area contributed by atoms with Crippen molar-refractivity contribution >= 4 is 25.8 Å². The number of benzene rings is 1. The van der Waals surface area contributed by atoms with Crippen LogP contribution in [0.2, 0.25) is 0 Å². The van der Waals surface area contributed by atoms with Gasteiger partial charge in [-0.1, -0.05) is 28.1 Å². The maximum absolute atomic E-state index is 11.1. The quantitative estimate of drug-likeness (QED) is 0.870. The number of halogens is 1. The van der Waals surface area contributed by atoms with Crippen molar-refractivity contribution in [2.24, 2.45) is 0 Å². The Hall–Kier alpha value is -0.390. The summed E-state index contributed by atoms with van der Waals surface area (Å²) < 4.78 is 23.3. The molecule has 0 amide bonds. The summed E-state index contributed by atoms with van der Waals surface area (Å²) in [5, 5.41) is 3.24. The molecular formula is C13H20BrNO2S. The zero-order valence-electron chi connectivity index (χ0n) is 11.0. The summed E-state index contributed by atoms with van der Waals surface area (Å²) in [4.78, 5) is 0. The second-order valence-electron chi connectivity index (χ2n) is 4.64. The van der Waals surface area contributed by atoms with Crippen LogP contribution in [0.25, 0.3) is 0 Å². The predicted octanol–water partition coefficient (Wildman–Crippen LogP) is 2.84. The molecule has 0 saturated heterocycles. The Balaban J connectivity index is 2.71. The second-order valence-corrected chi connectivity index (χ2v) is 7.75. The SMILES string of the molecule is CNC(CCCS(C)(=O)=O)c1ccc(C)cc1Br. The minimum absolute atomic E-state index is 0.182. The molecule has 0 aliphatic carbocycles. The maximum atomic E-state index is 11.1. The lowest BCUT2D eigenvalue weighted by Gasteiger charge is -2.18. The van der Waals surface area contributed by atoms with Crippen molar-refractivity contribution in [1.29, 1.82) is 0 Å². The van der Waals surface area contributed by atoms with Gasteiger partial charge in [-0.25, -0.2) is 8.42 Å². The zero-order valence-corrected chi connectivity index (χ0v) is 13.4. The molecule has 0 saturated carbocycles. The van der Waals surface area contributed by atoms with E-state index in [-0.39, 0.29) is 11.8 Å². The van der Waals surface area contributed by atoms with Gasteiger partial charge < -0.3 is 5.32 Å². The van der Waals surface area contributed by atoms with E-state index in [0.717, 1.165) is 10.9 Å². The van der Waals surface area contributed by atoms with Gasteiger partial charge in [-0.15, -0.1) is 0 Å². The van der Waals surface area contributed by atoms with E-state index in [9.17, 15) is 8.42 Å². The van der Waals surface area contributed by atoms with Crippen molar-refractivity contribution < 1.29 is 8.42 Å². The number of aryl methyl sites for hydroxylation is 1. The van der Waals surface area contributed by atoms with Crippen LogP contribution in [0.15, 0.2) is 22.7 Å². The van der Waals surface area contributed by atoms with E-state index < -0.39 is 9.84 Å². The molecule has 102 valence electrons. The van der Waals surface area contributed by atoms with Gasteiger partial charge in [0.2, 0.25) is 0 Å². The van der Waals surface area contributed by atoms with Gasteiger partial charge in [0.25, 0.3) is 0 Å². The van der Waals surface area contributed by atoms with Crippen LogP contribution in [0.1, 0.15) is 30.0 Å². The van der Waals surface area contributed by atoms with Crippen LogP contribution >= 0.6 is 15.9 Å². The molecule has 3 nitrogen and oxygen atoms in total. The van der Waals surface area contributed by atoms with Gasteiger partial charge in [-0.05, 0) is 44.0 Å². The normalized spacial score (nSPS) is 13.6. The average molecular weight is 334 g/mol. The van der Waals surface area contributed by atoms with Gasteiger partial charge in [0.1, 0.15) is 9.84 Å². The van der Waals surface area contributed by atoms with E-state index in [1.165, 1.54) is 17.4 Å². The van der Waals surface area contributed by atoms with Crippen molar-refractivity contribution in [2.45, 2.75) is 25.8 Å². The van der Waals surface area contributed by atoms with Crippen LogP contribution in [-0.2, 0) is 9.84 Å². The summed E-state index contributed by atoms with van der Waals surface area (Å²) in [5.41, 5.74) is 2.38. The third-order valence-electron chi connectivity index (χ3n) is 2.89. The lowest BCUT2D eigenvalue weighted by Crippen LogP contribution is -2.18. The van der Waals surface area contributed by atoms with E-state index in [4.69, 9.17) is 0 Å². The molecule has 0 aliphatic rings. The van der Waals surface area contributed by atoms with E-state index in [1.54, 1.807) is 0 Å². The van der Waals surface area contributed by atoms with Gasteiger partial charge in [-0.3, -0.25) is 0 Å². The summed E-state index contributed by atoms with van der Waals surface area (Å²) in [6, 6.07) is 6.42. The summed E-state index contributed by atoms with van der Waals surface area (Å²) in [7, 11) is -0.966. The first kappa shape index (κ1) is 15.7. The number of nitrogens with one attached hydrogen (secondary N) is 1. The fourth-order valence-corrected chi connectivity index (χ4v) is 3.38. The van der Waals surface area contributed by atoms with Crippen LogP contribution in [0.4, 0.5) is 0 Å². The molecule has 1 rings (SSSR count). The van der Waals surface area contributed by atoms with E-state index in [0.29, 0.717) is 6.42 Å². The molecule has 1 unspecified atom stereocenters. The number of sulfone groups is 1. The van der Waals surface area contributed by atoms with Crippen molar-refractivity contribution in [1.82, 2.24) is 5.32 Å². The molecular weight excluding hydrogens is 314 g/mol. The summed E-state index contributed by atoms with van der Waals surface area (Å²) >= 11 is 3.56. The Bertz CT molecular complexity index is 500. The lowest BCUT2D eigenvalue weighted by molar-refractivity contribution is 0.534. The first-order chi connectivity index (χ1) is 8.33. The fourth-order valence-electron chi connectivity index (χ4n) is 1.92. The first-order valence-corrected chi connectivity index (χ1v) is 8.80. The molecule has 0 aromatic heterocycles. The Kier molecular flexibility index (Phi) is 5.82. The van der Waals surface area contributed by atoms with E-state index in [2.05, 4.69) is 39.4 Å². The van der Waals surface area contributed by atoms with Crippen molar-refractivity contribution in [3.63, 3.8) is 0 Å². The van der Waals surface area contributed by atoms with Crippen LogP contribution in [-0.4, -0.2) is 27.5 Å². The Labute approximate surface area is 118 Å². The Morgan fingerprint density at radius 3 is 2.56 bits per heavy atom. The molecule has 1 N–H and O–H groups in total. The minimum atomic E-state index is -2.87. The first-order valence-electron chi connectivity index (χ1n) is 5.94. The molecule has 0 bridgehead atoms. The molecule has 5 heteroatoms. The highest BCUT2D eigenvalue weighted by molar-refractivity contribution is 9.10. The summed E-state index contributed by atoms with van der Waals surface area (Å²) in [6.45, 7) is 2.05. The zero-order chi connectivity index (χ0) is 13.8. The van der Waals surface area contributed by atoms with Gasteiger partial charge in [-0.2, -0.15) is 0 Å². The molecule has 1 aromatic carbocycles. The molecule has 1 aromatic rings. The van der Waals surface area contributed by atoms with E-state index in [1.807, 2.05) is 14.0 Å². The Morgan fingerprint density at radius 1 is 1.39 bits per heavy atom. The topological polar surface area (TPSA) is 46.2 Å². The standard InChI is InChI=1S/C13H20BrNO2S/c1-10-6-7-11(12(14)9-10)13(15-2)5-4-8-18(3,16)17/h6-7,9,13,15H,4-5,8H2,1-3H3. The Morgan fingerprint density at radius 2 is 2.06 bits per heavy atom. The predicted molar refractivity (Wildman–Crippen MR) is 79.6 cm³/mol. The lowest BCUT2D eigenvalue weighted by atomic mass is 10.0. The third kappa shape index (κ3) is 5.08. The van der Waals surface area contributed by atoms with Crippen LogP contribution in [0.3, 0.4) is 0 Å². The van der Waals surface area contributed by atoms with Crippen molar-refractivity contribution in [3.05, 3.63) is 33.8 Å². The molecule has 0 aliphatic heterocycles. The summed E-state index contributed by atoms with van der Waals surface area (Å²) in [6.07, 6.45) is 2.76. The van der Waals surface area contributed by atoms with Crippen LogP contribution in [0.5, 0.6) is 0 Å². The maximum Gasteiger partial charge on any atom is 0.147 e. The van der Waals surface area contributed by atoms with Gasteiger partial charge >= 0.3 is 0 Å². The second kappa shape index (κ2) is 6.68. The molecule has 0 spiro atoms. The highest BCUT2D eigenvalue weighted by Gasteiger charge is 2.13. The van der Waals surface area contributed by atoms with Gasteiger partial charge in [0.05, 0.1) is 0 Å². The highest BCUT2D eigenvalue weighted by atomic mass is 79.9. The van der Waals surface area contributed by atoms with Crippen molar-refractivity contribution in [3.8, 4) is 0 Å². The molecule has 0 fully saturated rings. The minimum Gasteiger partial charge on any atom is -0.313 e. The largest absolute Gasteiger partial charge is 0.313 e. The smallest absolute Gasteiger partial charge is 0.147 e. The van der Waals surface area contributed by atoms with Crippen LogP contribution < -0.4 is 5.32 Å². The monoisotopic (exact) mass is 333 g/mol. The fraction of sp³-hybridized carbons (Fsp3) is 0.538. The third-order valence-corrected chi connectivity index (χ3v) is 4.60.